The molecule has 1 amide bonds. The van der Waals surface area contributed by atoms with Gasteiger partial charge in [-0.1, -0.05) is 6.08 Å². The van der Waals surface area contributed by atoms with E-state index in [1.54, 1.807) is 0 Å². The van der Waals surface area contributed by atoms with Crippen LogP contribution in [0.5, 0.6) is 0 Å². The van der Waals surface area contributed by atoms with Crippen molar-refractivity contribution in [1.82, 2.24) is 5.32 Å². The van der Waals surface area contributed by atoms with E-state index in [0.717, 1.165) is 6.92 Å². The normalized spacial score (nSPS) is 17.4. The van der Waals surface area contributed by atoms with Gasteiger partial charge in [0.15, 0.2) is 5.78 Å². The number of ketones is 1. The number of amides is 1. The highest BCUT2D eigenvalue weighted by Crippen LogP contribution is 2.08. The number of allylic oxidation sites excluding steroid dienone is 1. The first-order valence-electron chi connectivity index (χ1n) is 5.40. The van der Waals surface area contributed by atoms with E-state index < -0.39 is 42.7 Å². The summed E-state index contributed by atoms with van der Waals surface area (Å²) in [4.78, 5) is 22.6. The van der Waals surface area contributed by atoms with E-state index in [9.17, 15) is 24.9 Å². The lowest BCUT2D eigenvalue weighted by Gasteiger charge is -2.28. The number of carbonyl (C=O) groups is 2. The molecule has 0 saturated carbocycles. The number of nitrogens with one attached hydrogen (secondary N) is 1. The molecule has 0 fully saturated rings. The molecule has 5 N–H and O–H groups in total. The van der Waals surface area contributed by atoms with Crippen molar-refractivity contribution in [1.29, 1.82) is 0 Å². The molecule has 18 heavy (non-hydrogen) atoms. The van der Waals surface area contributed by atoms with Crippen LogP contribution in [0.1, 0.15) is 13.3 Å². The van der Waals surface area contributed by atoms with Crippen LogP contribution in [0.25, 0.3) is 0 Å². The third kappa shape index (κ3) is 4.92. The molecule has 0 spiro atoms. The molecule has 0 radical (unpaired) electrons. The number of hydrogen-bond acceptors (Lipinski definition) is 6. The molecular formula is C11H19NO6. The molecule has 7 heteroatoms. The highest BCUT2D eigenvalue weighted by atomic mass is 16.4. The maximum atomic E-state index is 11.6. The Labute approximate surface area is 105 Å². The van der Waals surface area contributed by atoms with Gasteiger partial charge in [-0.25, -0.2) is 0 Å². The van der Waals surface area contributed by atoms with Crippen LogP contribution in [-0.2, 0) is 9.59 Å². The largest absolute Gasteiger partial charge is 0.394 e. The van der Waals surface area contributed by atoms with Crippen molar-refractivity contribution < 1.29 is 30.0 Å². The predicted octanol–water partition coefficient (Wildman–Crippen LogP) is -2.29. The molecule has 7 nitrogen and oxygen atoms in total. The Kier molecular flexibility index (Phi) is 7.37. The lowest BCUT2D eigenvalue weighted by molar-refractivity contribution is -0.135. The number of carbonyl (C=O) groups excluding carboxylic acids is 2. The summed E-state index contributed by atoms with van der Waals surface area (Å²) < 4.78 is 0. The Morgan fingerprint density at radius 3 is 2.22 bits per heavy atom. The van der Waals surface area contributed by atoms with Gasteiger partial charge in [0.2, 0.25) is 5.91 Å². The zero-order valence-electron chi connectivity index (χ0n) is 10.1. The lowest BCUT2D eigenvalue weighted by atomic mass is 9.96. The molecule has 0 saturated heterocycles. The van der Waals surface area contributed by atoms with Gasteiger partial charge in [-0.3, -0.25) is 9.59 Å². The number of hydrogen-bond donors (Lipinski definition) is 5. The van der Waals surface area contributed by atoms with Crippen LogP contribution in [0, 0.1) is 0 Å². The number of Topliss-reactive ketones (excluding diaryl/α,β-unsaturated/α-hetero) is 1. The number of rotatable bonds is 8. The summed E-state index contributed by atoms with van der Waals surface area (Å²) in [5.41, 5.74) is 0. The van der Waals surface area contributed by atoms with Gasteiger partial charge in [0, 0.05) is 13.3 Å². The van der Waals surface area contributed by atoms with Gasteiger partial charge in [0.1, 0.15) is 24.4 Å². The third-order valence-electron chi connectivity index (χ3n) is 2.32. The first-order chi connectivity index (χ1) is 8.34. The zero-order valence-corrected chi connectivity index (χ0v) is 10.1. The molecule has 0 bridgehead atoms. The molecule has 0 rings (SSSR count). The minimum Gasteiger partial charge on any atom is -0.394 e. The van der Waals surface area contributed by atoms with Crippen molar-refractivity contribution >= 4 is 11.7 Å². The minimum atomic E-state index is -1.75. The Balaban J connectivity index is 4.88. The molecular weight excluding hydrogens is 242 g/mol. The first kappa shape index (κ1) is 16.7. The summed E-state index contributed by atoms with van der Waals surface area (Å²) in [6, 6.07) is -1.36. The molecule has 0 aliphatic rings. The molecule has 4 unspecified atom stereocenters. The van der Waals surface area contributed by atoms with Crippen molar-refractivity contribution in [2.24, 2.45) is 0 Å². The van der Waals surface area contributed by atoms with Gasteiger partial charge in [-0.05, 0) is 0 Å². The van der Waals surface area contributed by atoms with Crippen molar-refractivity contribution in [2.45, 2.75) is 37.7 Å². The molecule has 0 aromatic heterocycles. The highest BCUT2D eigenvalue weighted by Gasteiger charge is 2.35. The van der Waals surface area contributed by atoms with E-state index in [0.29, 0.717) is 0 Å². The highest BCUT2D eigenvalue weighted by molar-refractivity contribution is 5.89. The summed E-state index contributed by atoms with van der Waals surface area (Å²) in [5, 5.41) is 39.3. The van der Waals surface area contributed by atoms with E-state index in [2.05, 4.69) is 11.9 Å². The van der Waals surface area contributed by atoms with Crippen molar-refractivity contribution in [2.75, 3.05) is 6.61 Å². The van der Waals surface area contributed by atoms with Crippen LogP contribution in [0.15, 0.2) is 12.7 Å². The summed E-state index contributed by atoms with van der Waals surface area (Å²) in [6.07, 6.45) is -3.89. The van der Waals surface area contributed by atoms with Crippen LogP contribution in [0.4, 0.5) is 0 Å². The fraction of sp³-hybridized carbons (Fsp3) is 0.636. The Bertz CT molecular complexity index is 306. The maximum absolute atomic E-state index is 11.6. The van der Waals surface area contributed by atoms with Crippen molar-refractivity contribution in [3.63, 3.8) is 0 Å². The quantitative estimate of drug-likeness (QED) is 0.313. The molecule has 0 aliphatic carbocycles. The molecule has 0 aromatic rings. The fourth-order valence-corrected chi connectivity index (χ4v) is 1.38. The van der Waals surface area contributed by atoms with E-state index in [1.807, 2.05) is 0 Å². The molecule has 0 heterocycles. The maximum Gasteiger partial charge on any atom is 0.217 e. The second-order valence-electron chi connectivity index (χ2n) is 3.87. The Morgan fingerprint density at radius 1 is 1.28 bits per heavy atom. The smallest absolute Gasteiger partial charge is 0.217 e. The van der Waals surface area contributed by atoms with Crippen LogP contribution < -0.4 is 5.32 Å². The first-order valence-corrected chi connectivity index (χ1v) is 5.40. The SMILES string of the molecule is C=CCC(=O)C(NC(C)=O)C(O)C(O)C(O)CO. The van der Waals surface area contributed by atoms with E-state index in [-0.39, 0.29) is 6.42 Å². The van der Waals surface area contributed by atoms with Crippen LogP contribution in [0.3, 0.4) is 0 Å². The van der Waals surface area contributed by atoms with E-state index >= 15 is 0 Å². The van der Waals surface area contributed by atoms with E-state index in [1.165, 1.54) is 6.08 Å². The van der Waals surface area contributed by atoms with Crippen LogP contribution in [0.2, 0.25) is 0 Å². The average molecular weight is 261 g/mol. The third-order valence-corrected chi connectivity index (χ3v) is 2.32. The van der Waals surface area contributed by atoms with Crippen LogP contribution >= 0.6 is 0 Å². The van der Waals surface area contributed by atoms with Gasteiger partial charge < -0.3 is 25.7 Å². The summed E-state index contributed by atoms with van der Waals surface area (Å²) in [6.45, 7) is 3.72. The Hall–Kier alpha value is -1.28. The predicted molar refractivity (Wildman–Crippen MR) is 62.5 cm³/mol. The topological polar surface area (TPSA) is 127 Å². The molecule has 0 aliphatic heterocycles. The van der Waals surface area contributed by atoms with Gasteiger partial charge in [-0.15, -0.1) is 6.58 Å². The molecule has 104 valence electrons. The monoisotopic (exact) mass is 261 g/mol. The second-order valence-corrected chi connectivity index (χ2v) is 3.87. The van der Waals surface area contributed by atoms with Gasteiger partial charge in [0.05, 0.1) is 6.61 Å². The minimum absolute atomic E-state index is 0.107. The summed E-state index contributed by atoms with van der Waals surface area (Å²) in [7, 11) is 0. The fourth-order valence-electron chi connectivity index (χ4n) is 1.38. The molecule has 4 atom stereocenters. The van der Waals surface area contributed by atoms with Crippen molar-refractivity contribution in [3.05, 3.63) is 12.7 Å². The van der Waals surface area contributed by atoms with Crippen LogP contribution in [-0.4, -0.2) is 63.1 Å². The van der Waals surface area contributed by atoms with Crippen molar-refractivity contribution in [3.8, 4) is 0 Å². The number of aliphatic hydroxyl groups is 4. The molecule has 0 aromatic carbocycles. The van der Waals surface area contributed by atoms with E-state index in [4.69, 9.17) is 5.11 Å². The summed E-state index contributed by atoms with van der Waals surface area (Å²) >= 11 is 0. The standard InChI is InChI=1S/C11H19NO6/c1-3-4-7(15)9(12-6(2)14)11(18)10(17)8(16)5-13/h3,8-11,13,16-18H,1,4-5H2,2H3,(H,12,14). The summed E-state index contributed by atoms with van der Waals surface area (Å²) in [5.74, 6) is -1.13. The van der Waals surface area contributed by atoms with Gasteiger partial charge in [-0.2, -0.15) is 0 Å². The Morgan fingerprint density at radius 2 is 1.83 bits per heavy atom. The van der Waals surface area contributed by atoms with Gasteiger partial charge in [0.25, 0.3) is 0 Å². The average Bonchev–Trinajstić information content (AvgIpc) is 2.33. The lowest BCUT2D eigenvalue weighted by Crippen LogP contribution is -2.55. The van der Waals surface area contributed by atoms with Gasteiger partial charge >= 0.3 is 0 Å². The zero-order chi connectivity index (χ0) is 14.3. The number of aliphatic hydroxyl groups excluding tert-OH is 4. The second kappa shape index (κ2) is 7.93.